The fourth-order valence-corrected chi connectivity index (χ4v) is 5.21. The number of phenolic OH excluding ortho intramolecular Hbond substituents is 1. The van der Waals surface area contributed by atoms with Crippen LogP contribution in [0.1, 0.15) is 27.8 Å². The number of carbonyl (C=O) groups excluding carboxylic acids is 1. The number of halogens is 2. The smallest absolute Gasteiger partial charge is 0.271 e. The molecule has 0 bridgehead atoms. The van der Waals surface area contributed by atoms with Crippen molar-refractivity contribution >= 4 is 67.8 Å². The molecule has 33 heavy (non-hydrogen) atoms. The van der Waals surface area contributed by atoms with E-state index >= 15 is 0 Å². The van der Waals surface area contributed by atoms with Gasteiger partial charge in [0.05, 0.1) is 20.8 Å². The number of phenols is 1. The van der Waals surface area contributed by atoms with Crippen molar-refractivity contribution in [1.29, 1.82) is 0 Å². The minimum Gasteiger partial charge on any atom is -0.506 e. The highest BCUT2D eigenvalue weighted by atomic mass is 79.9. The highest BCUT2D eigenvalue weighted by molar-refractivity contribution is 9.10. The summed E-state index contributed by atoms with van der Waals surface area (Å²) in [4.78, 5) is 20.4. The maximum atomic E-state index is 13.5. The maximum absolute atomic E-state index is 13.5. The van der Waals surface area contributed by atoms with Crippen LogP contribution < -0.4 is 4.90 Å². The highest BCUT2D eigenvalue weighted by Crippen LogP contribution is 2.40. The highest BCUT2D eigenvalue weighted by Gasteiger charge is 2.35. The van der Waals surface area contributed by atoms with E-state index in [0.29, 0.717) is 25.1 Å². The molecule has 0 spiro atoms. The number of thioether (sulfide) groups is 1. The van der Waals surface area contributed by atoms with Crippen LogP contribution in [0.3, 0.4) is 0 Å². The van der Waals surface area contributed by atoms with Crippen LogP contribution in [0, 0.1) is 27.7 Å². The monoisotopic (exact) mass is 540 g/mol. The third-order valence-corrected chi connectivity index (χ3v) is 7.41. The van der Waals surface area contributed by atoms with Crippen molar-refractivity contribution in [2.45, 2.75) is 27.7 Å². The van der Waals surface area contributed by atoms with Crippen molar-refractivity contribution in [1.82, 2.24) is 0 Å². The number of amides is 1. The van der Waals surface area contributed by atoms with Gasteiger partial charge in [-0.2, -0.15) is 0 Å². The Kier molecular flexibility index (Phi) is 6.71. The molecule has 0 aromatic heterocycles. The van der Waals surface area contributed by atoms with Gasteiger partial charge < -0.3 is 5.11 Å². The molecule has 4 rings (SSSR count). The Balaban J connectivity index is 1.84. The van der Waals surface area contributed by atoms with E-state index in [0.717, 1.165) is 28.1 Å². The van der Waals surface area contributed by atoms with E-state index in [2.05, 4.69) is 22.9 Å². The largest absolute Gasteiger partial charge is 0.506 e. The summed E-state index contributed by atoms with van der Waals surface area (Å²) in [5, 5.41) is 11.5. The molecule has 0 atom stereocenters. The van der Waals surface area contributed by atoms with Crippen LogP contribution in [0.2, 0.25) is 5.02 Å². The van der Waals surface area contributed by atoms with E-state index in [1.54, 1.807) is 23.1 Å². The van der Waals surface area contributed by atoms with Crippen LogP contribution in [-0.4, -0.2) is 16.2 Å². The van der Waals surface area contributed by atoms with Crippen molar-refractivity contribution in [3.05, 3.63) is 90.7 Å². The van der Waals surface area contributed by atoms with Gasteiger partial charge in [0.25, 0.3) is 5.91 Å². The molecule has 0 saturated carbocycles. The minimum absolute atomic E-state index is 0.0255. The first kappa shape index (κ1) is 23.6. The molecule has 1 N–H and O–H groups in total. The van der Waals surface area contributed by atoms with Gasteiger partial charge in [-0.3, -0.25) is 9.69 Å². The molecule has 1 saturated heterocycles. The number of hydrogen-bond acceptors (Lipinski definition) is 4. The second-order valence-corrected chi connectivity index (χ2v) is 10.3. The average Bonchev–Trinajstić information content (AvgIpc) is 3.05. The summed E-state index contributed by atoms with van der Waals surface area (Å²) in [6.07, 6.45) is 1.65. The third kappa shape index (κ3) is 4.88. The van der Waals surface area contributed by atoms with Gasteiger partial charge in [-0.25, -0.2) is 4.99 Å². The Morgan fingerprint density at radius 2 is 1.64 bits per heavy atom. The molecular weight excluding hydrogens is 520 g/mol. The Morgan fingerprint density at radius 1 is 0.970 bits per heavy atom. The summed E-state index contributed by atoms with van der Waals surface area (Å²) in [5.41, 5.74) is 6.53. The van der Waals surface area contributed by atoms with Gasteiger partial charge in [-0.1, -0.05) is 23.7 Å². The van der Waals surface area contributed by atoms with Gasteiger partial charge in [-0.05, 0) is 120 Å². The van der Waals surface area contributed by atoms with Crippen LogP contribution in [0.15, 0.2) is 62.9 Å². The summed E-state index contributed by atoms with van der Waals surface area (Å²) in [6.45, 7) is 8.15. The molecule has 1 aliphatic heterocycles. The van der Waals surface area contributed by atoms with Crippen molar-refractivity contribution < 1.29 is 9.90 Å². The van der Waals surface area contributed by atoms with Crippen molar-refractivity contribution in [2.24, 2.45) is 4.99 Å². The number of amidine groups is 1. The first-order valence-electron chi connectivity index (χ1n) is 10.3. The van der Waals surface area contributed by atoms with Crippen LogP contribution >= 0.6 is 39.3 Å². The molecule has 1 heterocycles. The predicted octanol–water partition coefficient (Wildman–Crippen LogP) is 7.85. The quantitative estimate of drug-likeness (QED) is 0.344. The summed E-state index contributed by atoms with van der Waals surface area (Å²) in [5.74, 6) is -0.182. The number of hydrogen-bond donors (Lipinski definition) is 1. The van der Waals surface area contributed by atoms with E-state index in [1.807, 2.05) is 57.2 Å². The molecule has 4 nitrogen and oxygen atoms in total. The van der Waals surface area contributed by atoms with E-state index in [1.165, 1.54) is 17.3 Å². The fourth-order valence-electron chi connectivity index (χ4n) is 3.38. The summed E-state index contributed by atoms with van der Waals surface area (Å²) in [6, 6.07) is 15.1. The lowest BCUT2D eigenvalue weighted by atomic mass is 10.1. The average molecular weight is 542 g/mol. The van der Waals surface area contributed by atoms with Crippen LogP contribution in [0.25, 0.3) is 6.08 Å². The van der Waals surface area contributed by atoms with Gasteiger partial charge in [0, 0.05) is 10.6 Å². The van der Waals surface area contributed by atoms with Crippen LogP contribution in [0.4, 0.5) is 11.4 Å². The van der Waals surface area contributed by atoms with Crippen molar-refractivity contribution in [3.63, 3.8) is 0 Å². The van der Waals surface area contributed by atoms with E-state index < -0.39 is 0 Å². The van der Waals surface area contributed by atoms with Crippen LogP contribution in [0.5, 0.6) is 5.75 Å². The zero-order valence-electron chi connectivity index (χ0n) is 18.6. The molecule has 1 amide bonds. The number of nitrogens with zero attached hydrogens (tertiary/aromatic N) is 2. The molecule has 0 unspecified atom stereocenters. The lowest BCUT2D eigenvalue weighted by molar-refractivity contribution is -0.113. The third-order valence-electron chi connectivity index (χ3n) is 5.61. The summed E-state index contributed by atoms with van der Waals surface area (Å²) in [7, 11) is 0. The minimum atomic E-state index is -0.207. The number of carbonyl (C=O) groups is 1. The molecule has 168 valence electrons. The topological polar surface area (TPSA) is 52.9 Å². The van der Waals surface area contributed by atoms with Crippen molar-refractivity contribution in [2.75, 3.05) is 4.90 Å². The van der Waals surface area contributed by atoms with E-state index in [9.17, 15) is 9.90 Å². The fraction of sp³-hybridized carbons (Fsp3) is 0.154. The number of benzene rings is 3. The van der Waals surface area contributed by atoms with E-state index in [4.69, 9.17) is 16.6 Å². The van der Waals surface area contributed by atoms with Gasteiger partial charge >= 0.3 is 0 Å². The zero-order chi connectivity index (χ0) is 23.9. The number of rotatable bonds is 3. The molecule has 1 aliphatic rings. The van der Waals surface area contributed by atoms with Gasteiger partial charge in [-0.15, -0.1) is 0 Å². The van der Waals surface area contributed by atoms with Crippen molar-refractivity contribution in [3.8, 4) is 5.75 Å². The molecule has 3 aromatic carbocycles. The van der Waals surface area contributed by atoms with Gasteiger partial charge in [0.1, 0.15) is 5.75 Å². The number of anilines is 1. The van der Waals surface area contributed by atoms with E-state index in [-0.39, 0.29) is 11.7 Å². The van der Waals surface area contributed by atoms with Crippen LogP contribution in [-0.2, 0) is 4.79 Å². The number of aromatic hydroxyl groups is 1. The Morgan fingerprint density at radius 3 is 2.30 bits per heavy atom. The SMILES string of the molecule is Cc1ccc(N=C2S/C(=C/c3cc(Cl)cc(Br)c3O)C(=O)N2c2ccc(C)c(C)c2)cc1C. The summed E-state index contributed by atoms with van der Waals surface area (Å²) >= 11 is 10.7. The predicted molar refractivity (Wildman–Crippen MR) is 143 cm³/mol. The zero-order valence-corrected chi connectivity index (χ0v) is 21.8. The Bertz CT molecular complexity index is 1350. The second kappa shape index (κ2) is 9.37. The number of aliphatic imine (C=N–C) groups is 1. The summed E-state index contributed by atoms with van der Waals surface area (Å²) < 4.78 is 0.465. The Labute approximate surface area is 211 Å². The number of aryl methyl sites for hydroxylation is 4. The molecule has 3 aromatic rings. The molecular formula is C26H22BrClN2O2S. The lowest BCUT2D eigenvalue weighted by Gasteiger charge is -2.17. The molecule has 0 radical (unpaired) electrons. The standard InChI is InChI=1S/C26H22BrClN2O2S/c1-14-5-7-20(9-16(14)3)29-26-30(21-8-6-15(2)17(4)10-21)25(32)23(33-26)12-18-11-19(28)13-22(27)24(18)31/h5-13,31H,1-4H3/b23-12+,29-26?. The second-order valence-electron chi connectivity index (χ2n) is 8.01. The maximum Gasteiger partial charge on any atom is 0.271 e. The van der Waals surface area contributed by atoms with Gasteiger partial charge in [0.2, 0.25) is 0 Å². The van der Waals surface area contributed by atoms with Gasteiger partial charge in [0.15, 0.2) is 5.17 Å². The Hall–Kier alpha value is -2.54. The molecule has 7 heteroatoms. The first-order valence-corrected chi connectivity index (χ1v) is 12.3. The lowest BCUT2D eigenvalue weighted by Crippen LogP contribution is -2.28. The molecule has 0 aliphatic carbocycles. The first-order chi connectivity index (χ1) is 15.6. The molecule has 1 fully saturated rings. The normalized spacial score (nSPS) is 16.3.